The number of hydrogen-bond donors (Lipinski definition) is 1. The molecule has 268 valence electrons. The van der Waals surface area contributed by atoms with Crippen molar-refractivity contribution in [1.29, 1.82) is 0 Å². The summed E-state index contributed by atoms with van der Waals surface area (Å²) in [4.78, 5) is 36.7. The van der Waals surface area contributed by atoms with E-state index in [1.54, 1.807) is 0 Å². The first-order valence-electron chi connectivity index (χ1n) is 18.0. The molecule has 10 heteroatoms. The minimum atomic E-state index is -4.61. The summed E-state index contributed by atoms with van der Waals surface area (Å²) in [7, 11) is -4.61. The summed E-state index contributed by atoms with van der Waals surface area (Å²) in [5.74, 6) is -0.0825. The molecular weight excluding hydrogens is 593 g/mol. The molecule has 0 spiro atoms. The van der Waals surface area contributed by atoms with Crippen LogP contribution in [0.15, 0.2) is 0 Å². The first-order chi connectivity index (χ1) is 21.3. The van der Waals surface area contributed by atoms with Crippen molar-refractivity contribution < 1.29 is 37.6 Å². The fourth-order valence-electron chi connectivity index (χ4n) is 5.04. The molecule has 0 radical (unpaired) electrons. The molecule has 2 atom stereocenters. The monoisotopic (exact) mass is 662 g/mol. The molecule has 0 saturated heterocycles. The smallest absolute Gasteiger partial charge is 0.306 e. The molecule has 0 aliphatic heterocycles. The van der Waals surface area contributed by atoms with Gasteiger partial charge in [-0.25, -0.2) is 0 Å². The normalized spacial score (nSPS) is 14.0. The highest BCUT2D eigenvalue weighted by atomic mass is 31.2. The number of rotatable bonds is 31. The van der Waals surface area contributed by atoms with Crippen LogP contribution in [-0.4, -0.2) is 44.4 Å². The standard InChI is InChI=1S/C35H70NO8P/c1-31(2)23-19-15-11-7-6-8-13-17-21-25-34(38)44-32(30-43-45(39,40)42-28-27-36)29-41-33(37)24-20-16-12-9-10-14-18-22-26-35(3,4)5/h31-32H,6-30,36H2,1-5H3,(H,39,40)/p-1/t32-/m0/s1. The molecule has 0 fully saturated rings. The Morgan fingerprint density at radius 1 is 0.689 bits per heavy atom. The summed E-state index contributed by atoms with van der Waals surface area (Å²) in [6.07, 6.45) is 21.2. The van der Waals surface area contributed by atoms with Gasteiger partial charge in [-0.05, 0) is 30.6 Å². The molecule has 0 aromatic heterocycles. The summed E-state index contributed by atoms with van der Waals surface area (Å²) >= 11 is 0. The number of carbonyl (C=O) groups excluding carboxylic acids is 2. The molecule has 2 N–H and O–H groups in total. The Morgan fingerprint density at radius 3 is 1.64 bits per heavy atom. The molecule has 0 aromatic rings. The number of carbonyl (C=O) groups is 2. The van der Waals surface area contributed by atoms with Gasteiger partial charge in [0.1, 0.15) is 6.61 Å². The highest BCUT2D eigenvalue weighted by Gasteiger charge is 2.21. The Kier molecular flexibility index (Phi) is 27.4. The minimum absolute atomic E-state index is 0.0152. The number of ether oxygens (including phenoxy) is 2. The third kappa shape index (κ3) is 32.7. The van der Waals surface area contributed by atoms with Crippen molar-refractivity contribution in [2.75, 3.05) is 26.4 Å². The maximum atomic E-state index is 12.5. The fraction of sp³-hybridized carbons (Fsp3) is 0.943. The molecule has 0 aromatic carbocycles. The largest absolute Gasteiger partial charge is 0.756 e. The first-order valence-corrected chi connectivity index (χ1v) is 19.5. The van der Waals surface area contributed by atoms with Gasteiger partial charge in [0.05, 0.1) is 13.2 Å². The van der Waals surface area contributed by atoms with Gasteiger partial charge in [0.15, 0.2) is 6.10 Å². The minimum Gasteiger partial charge on any atom is -0.756 e. The molecule has 1 unspecified atom stereocenters. The lowest BCUT2D eigenvalue weighted by Crippen LogP contribution is -2.30. The molecule has 0 aliphatic carbocycles. The van der Waals surface area contributed by atoms with E-state index >= 15 is 0 Å². The van der Waals surface area contributed by atoms with Crippen LogP contribution in [0.1, 0.15) is 169 Å². The van der Waals surface area contributed by atoms with Crippen molar-refractivity contribution in [3.63, 3.8) is 0 Å². The van der Waals surface area contributed by atoms with Gasteiger partial charge >= 0.3 is 11.9 Å². The van der Waals surface area contributed by atoms with E-state index in [0.29, 0.717) is 11.8 Å². The molecule has 0 heterocycles. The van der Waals surface area contributed by atoms with Crippen molar-refractivity contribution >= 4 is 19.8 Å². The van der Waals surface area contributed by atoms with Crippen LogP contribution in [0.4, 0.5) is 0 Å². The van der Waals surface area contributed by atoms with E-state index in [1.807, 2.05) is 0 Å². The quantitative estimate of drug-likeness (QED) is 0.0438. The van der Waals surface area contributed by atoms with E-state index in [4.69, 9.17) is 19.7 Å². The van der Waals surface area contributed by atoms with Gasteiger partial charge in [0.25, 0.3) is 7.82 Å². The number of hydrogen-bond acceptors (Lipinski definition) is 9. The molecule has 0 rings (SSSR count). The van der Waals surface area contributed by atoms with Crippen molar-refractivity contribution in [2.45, 2.75) is 176 Å². The molecular formula is C35H69NO8P-. The zero-order valence-corrected chi connectivity index (χ0v) is 30.5. The molecule has 0 aliphatic rings. The van der Waals surface area contributed by atoms with Gasteiger partial charge in [-0.1, -0.05) is 137 Å². The Bertz CT molecular complexity index is 771. The Labute approximate surface area is 276 Å². The molecule has 0 saturated carbocycles. The SMILES string of the molecule is CC(C)CCCCCCCCCCCC(=O)O[C@@H](COC(=O)CCCCCCCCCCC(C)(C)C)COP(=O)([O-])OCCN. The third-order valence-corrected chi connectivity index (χ3v) is 8.70. The van der Waals surface area contributed by atoms with Crippen molar-refractivity contribution in [1.82, 2.24) is 0 Å². The number of esters is 2. The van der Waals surface area contributed by atoms with Gasteiger partial charge in [-0.15, -0.1) is 0 Å². The summed E-state index contributed by atoms with van der Waals surface area (Å²) < 4.78 is 32.2. The zero-order chi connectivity index (χ0) is 33.8. The predicted octanol–water partition coefficient (Wildman–Crippen LogP) is 8.80. The van der Waals surface area contributed by atoms with Crippen molar-refractivity contribution in [3.8, 4) is 0 Å². The van der Waals surface area contributed by atoms with Crippen molar-refractivity contribution in [2.24, 2.45) is 17.1 Å². The van der Waals surface area contributed by atoms with E-state index in [-0.39, 0.29) is 32.6 Å². The van der Waals surface area contributed by atoms with Crippen LogP contribution in [0, 0.1) is 11.3 Å². The highest BCUT2D eigenvalue weighted by Crippen LogP contribution is 2.38. The molecule has 9 nitrogen and oxygen atoms in total. The number of nitrogens with two attached hydrogens (primary N) is 1. The average Bonchev–Trinajstić information content (AvgIpc) is 2.96. The molecule has 45 heavy (non-hydrogen) atoms. The lowest BCUT2D eigenvalue weighted by molar-refractivity contribution is -0.228. The molecule has 0 bridgehead atoms. The van der Waals surface area contributed by atoms with Gasteiger partial charge < -0.3 is 29.1 Å². The maximum absolute atomic E-state index is 12.5. The maximum Gasteiger partial charge on any atom is 0.306 e. The highest BCUT2D eigenvalue weighted by molar-refractivity contribution is 7.45. The van der Waals surface area contributed by atoms with Gasteiger partial charge in [-0.3, -0.25) is 14.2 Å². The fourth-order valence-corrected chi connectivity index (χ4v) is 5.79. The number of phosphoric ester groups is 1. The van der Waals surface area contributed by atoms with Crippen LogP contribution in [0.5, 0.6) is 0 Å². The van der Waals surface area contributed by atoms with Crippen LogP contribution in [0.2, 0.25) is 0 Å². The summed E-state index contributed by atoms with van der Waals surface area (Å²) in [5, 5.41) is 0. The van der Waals surface area contributed by atoms with Gasteiger partial charge in [0.2, 0.25) is 0 Å². The Hall–Kier alpha value is -0.990. The second-order valence-corrected chi connectivity index (χ2v) is 15.6. The van der Waals surface area contributed by atoms with E-state index in [1.165, 1.54) is 77.0 Å². The van der Waals surface area contributed by atoms with E-state index in [9.17, 15) is 19.0 Å². The second kappa shape index (κ2) is 28.1. The van der Waals surface area contributed by atoms with Gasteiger partial charge in [-0.2, -0.15) is 0 Å². The van der Waals surface area contributed by atoms with E-state index in [0.717, 1.165) is 44.4 Å². The number of unbranched alkanes of at least 4 members (excludes halogenated alkanes) is 15. The Morgan fingerprint density at radius 2 is 1.16 bits per heavy atom. The predicted molar refractivity (Wildman–Crippen MR) is 181 cm³/mol. The Balaban J connectivity index is 4.27. The van der Waals surface area contributed by atoms with Crippen LogP contribution in [-0.2, 0) is 32.7 Å². The topological polar surface area (TPSA) is 137 Å². The summed E-state index contributed by atoms with van der Waals surface area (Å²) in [5.41, 5.74) is 5.70. The lowest BCUT2D eigenvalue weighted by Gasteiger charge is -2.25. The molecule has 0 amide bonds. The van der Waals surface area contributed by atoms with Crippen LogP contribution >= 0.6 is 7.82 Å². The second-order valence-electron chi connectivity index (χ2n) is 14.2. The van der Waals surface area contributed by atoms with Crippen LogP contribution in [0.25, 0.3) is 0 Å². The van der Waals surface area contributed by atoms with Crippen molar-refractivity contribution in [3.05, 3.63) is 0 Å². The summed E-state index contributed by atoms with van der Waals surface area (Å²) in [6, 6.07) is 0. The third-order valence-electron chi connectivity index (χ3n) is 7.73. The number of phosphoric acid groups is 1. The summed E-state index contributed by atoms with van der Waals surface area (Å²) in [6.45, 7) is 10.4. The van der Waals surface area contributed by atoms with E-state index < -0.39 is 32.5 Å². The van der Waals surface area contributed by atoms with E-state index in [2.05, 4.69) is 39.1 Å². The average molecular weight is 663 g/mol. The lowest BCUT2D eigenvalue weighted by atomic mass is 9.89. The van der Waals surface area contributed by atoms with Gasteiger partial charge in [0, 0.05) is 19.4 Å². The first kappa shape index (κ1) is 44.0. The zero-order valence-electron chi connectivity index (χ0n) is 29.6. The van der Waals surface area contributed by atoms with Crippen LogP contribution in [0.3, 0.4) is 0 Å². The van der Waals surface area contributed by atoms with Crippen LogP contribution < -0.4 is 10.6 Å².